The molecule has 1 aromatic carbocycles. The van der Waals surface area contributed by atoms with Gasteiger partial charge in [-0.25, -0.2) is 0 Å². The van der Waals surface area contributed by atoms with Gasteiger partial charge in [-0.2, -0.15) is 0 Å². The fourth-order valence-corrected chi connectivity index (χ4v) is 7.36. The summed E-state index contributed by atoms with van der Waals surface area (Å²) in [5, 5.41) is 7.73. The normalized spacial score (nSPS) is 14.1. The molecular formula is C39H61N3O4S. The number of rotatable bonds is 25. The predicted octanol–water partition coefficient (Wildman–Crippen LogP) is 8.18. The quantitative estimate of drug-likeness (QED) is 0.0634. The minimum Gasteiger partial charge on any atom is -0.426 e. The second-order valence-electron chi connectivity index (χ2n) is 13.1. The van der Waals surface area contributed by atoms with Gasteiger partial charge in [0.25, 0.3) is 0 Å². The van der Waals surface area contributed by atoms with Gasteiger partial charge in [-0.05, 0) is 80.1 Å². The summed E-state index contributed by atoms with van der Waals surface area (Å²) >= 11 is 1.84. The summed E-state index contributed by atoms with van der Waals surface area (Å²) in [4.78, 5) is 40.2. The van der Waals surface area contributed by atoms with Crippen LogP contribution in [-0.4, -0.2) is 55.4 Å². The van der Waals surface area contributed by atoms with Crippen molar-refractivity contribution in [2.75, 3.05) is 26.7 Å². The Morgan fingerprint density at radius 2 is 1.49 bits per heavy atom. The third-order valence-corrected chi connectivity index (χ3v) is 10.3. The summed E-state index contributed by atoms with van der Waals surface area (Å²) < 4.78 is 5.81. The molecule has 0 bridgehead atoms. The van der Waals surface area contributed by atoms with Crippen molar-refractivity contribution >= 4 is 29.1 Å². The molecule has 47 heavy (non-hydrogen) atoms. The van der Waals surface area contributed by atoms with E-state index in [-0.39, 0.29) is 24.2 Å². The zero-order valence-corrected chi connectivity index (χ0v) is 30.1. The topological polar surface area (TPSA) is 87.7 Å². The second-order valence-corrected chi connectivity index (χ2v) is 14.2. The number of carbonyl (C=O) groups excluding carboxylic acids is 3. The molecule has 1 aromatic heterocycles. The highest BCUT2D eigenvalue weighted by atomic mass is 32.1. The maximum atomic E-state index is 12.7. The van der Waals surface area contributed by atoms with E-state index in [2.05, 4.69) is 46.0 Å². The summed E-state index contributed by atoms with van der Waals surface area (Å²) in [7, 11) is 1.70. The van der Waals surface area contributed by atoms with Gasteiger partial charge in [0.05, 0.1) is 6.42 Å². The molecule has 2 N–H and O–H groups in total. The first kappa shape index (κ1) is 38.7. The van der Waals surface area contributed by atoms with Crippen molar-refractivity contribution < 1.29 is 19.1 Å². The first-order valence-corrected chi connectivity index (χ1v) is 19.4. The third-order valence-electron chi connectivity index (χ3n) is 9.38. The molecule has 2 amide bonds. The maximum Gasteiger partial charge on any atom is 0.312 e. The molecule has 262 valence electrons. The van der Waals surface area contributed by atoms with Gasteiger partial charge in [0.1, 0.15) is 5.75 Å². The van der Waals surface area contributed by atoms with Crippen LogP contribution in [0.1, 0.15) is 132 Å². The number of hydrogen-bond donors (Lipinski definition) is 2. The van der Waals surface area contributed by atoms with E-state index in [0.29, 0.717) is 31.2 Å². The Labute approximate surface area is 288 Å². The molecule has 1 atom stereocenters. The zero-order valence-electron chi connectivity index (χ0n) is 29.3. The molecule has 0 saturated heterocycles. The van der Waals surface area contributed by atoms with Crippen molar-refractivity contribution in [3.05, 3.63) is 51.7 Å². The van der Waals surface area contributed by atoms with Crippen molar-refractivity contribution in [2.45, 2.75) is 141 Å². The van der Waals surface area contributed by atoms with E-state index in [9.17, 15) is 14.4 Å². The SMILES string of the molecule is CCCN(CCc1cccs1)[C@@H]1CCc2c(cccc2OC(=O)CCNC(=O)CCCCCCCCCCCCCCC(=O)NC)C1. The van der Waals surface area contributed by atoms with Crippen molar-refractivity contribution in [3.8, 4) is 5.75 Å². The van der Waals surface area contributed by atoms with Gasteiger partial charge >= 0.3 is 5.97 Å². The molecule has 1 aliphatic rings. The average molecular weight is 668 g/mol. The van der Waals surface area contributed by atoms with E-state index < -0.39 is 0 Å². The Bertz CT molecular complexity index is 1170. The average Bonchev–Trinajstić information content (AvgIpc) is 3.60. The van der Waals surface area contributed by atoms with Crippen LogP contribution in [0.5, 0.6) is 5.75 Å². The lowest BCUT2D eigenvalue weighted by atomic mass is 9.86. The minimum absolute atomic E-state index is 0.0203. The molecular weight excluding hydrogens is 607 g/mol. The number of benzene rings is 1. The second kappa shape index (κ2) is 23.6. The minimum atomic E-state index is -0.287. The van der Waals surface area contributed by atoms with Crippen LogP contribution in [0.4, 0.5) is 0 Å². The van der Waals surface area contributed by atoms with Crippen LogP contribution in [0.2, 0.25) is 0 Å². The third kappa shape index (κ3) is 15.8. The van der Waals surface area contributed by atoms with Crippen LogP contribution in [-0.2, 0) is 33.6 Å². The lowest BCUT2D eigenvalue weighted by molar-refractivity contribution is -0.134. The van der Waals surface area contributed by atoms with Crippen LogP contribution in [0.15, 0.2) is 35.7 Å². The lowest BCUT2D eigenvalue weighted by Crippen LogP contribution is -2.41. The van der Waals surface area contributed by atoms with E-state index in [1.54, 1.807) is 7.05 Å². The van der Waals surface area contributed by atoms with Crippen molar-refractivity contribution in [1.82, 2.24) is 15.5 Å². The van der Waals surface area contributed by atoms with E-state index >= 15 is 0 Å². The van der Waals surface area contributed by atoms with Gasteiger partial charge in [-0.15, -0.1) is 11.3 Å². The van der Waals surface area contributed by atoms with Gasteiger partial charge < -0.3 is 15.4 Å². The number of nitrogens with one attached hydrogen (secondary N) is 2. The van der Waals surface area contributed by atoms with E-state index in [4.69, 9.17) is 4.74 Å². The zero-order chi connectivity index (χ0) is 33.5. The fourth-order valence-electron chi connectivity index (χ4n) is 6.66. The smallest absolute Gasteiger partial charge is 0.312 e. The van der Waals surface area contributed by atoms with Crippen LogP contribution in [0.25, 0.3) is 0 Å². The number of nitrogens with zero attached hydrogens (tertiary/aromatic N) is 1. The highest BCUT2D eigenvalue weighted by molar-refractivity contribution is 7.09. The number of amides is 2. The molecule has 0 spiro atoms. The Balaban J connectivity index is 1.21. The molecule has 0 radical (unpaired) electrons. The van der Waals surface area contributed by atoms with E-state index in [1.165, 1.54) is 67.4 Å². The van der Waals surface area contributed by atoms with Crippen LogP contribution in [0.3, 0.4) is 0 Å². The number of unbranched alkanes of at least 4 members (excludes halogenated alkanes) is 11. The highest BCUT2D eigenvalue weighted by Gasteiger charge is 2.26. The van der Waals surface area contributed by atoms with Crippen LogP contribution in [0, 0.1) is 0 Å². The van der Waals surface area contributed by atoms with Gasteiger partial charge in [0.15, 0.2) is 0 Å². The molecule has 0 fully saturated rings. The number of fused-ring (bicyclic) bond motifs is 1. The molecule has 0 aliphatic heterocycles. The van der Waals surface area contributed by atoms with Crippen LogP contribution >= 0.6 is 11.3 Å². The predicted molar refractivity (Wildman–Crippen MR) is 194 cm³/mol. The van der Waals surface area contributed by atoms with Crippen molar-refractivity contribution in [1.29, 1.82) is 0 Å². The molecule has 1 heterocycles. The summed E-state index contributed by atoms with van der Waals surface area (Å²) in [6.07, 6.45) is 20.7. The van der Waals surface area contributed by atoms with Gasteiger partial charge in [-0.3, -0.25) is 19.3 Å². The number of esters is 1. The number of thiophene rings is 1. The molecule has 0 unspecified atom stereocenters. The Kier molecular flexibility index (Phi) is 19.4. The first-order chi connectivity index (χ1) is 23.0. The van der Waals surface area contributed by atoms with Gasteiger partial charge in [0, 0.05) is 43.9 Å². The molecule has 3 rings (SSSR count). The van der Waals surface area contributed by atoms with E-state index in [1.807, 2.05) is 23.5 Å². The maximum absolute atomic E-state index is 12.7. The van der Waals surface area contributed by atoms with Crippen LogP contribution < -0.4 is 15.4 Å². The Morgan fingerprint density at radius 3 is 2.11 bits per heavy atom. The number of hydrogen-bond acceptors (Lipinski definition) is 6. The molecule has 1 aliphatic carbocycles. The molecule has 0 saturated carbocycles. The fraction of sp³-hybridized carbons (Fsp3) is 0.667. The summed E-state index contributed by atoms with van der Waals surface area (Å²) in [5.41, 5.74) is 2.46. The van der Waals surface area contributed by atoms with Gasteiger partial charge in [-0.1, -0.05) is 89.3 Å². The molecule has 2 aromatic rings. The number of ether oxygens (including phenoxy) is 1. The van der Waals surface area contributed by atoms with Crippen molar-refractivity contribution in [3.63, 3.8) is 0 Å². The standard InChI is InChI=1S/C39H61N3O4S/c1-3-28-42(29-26-34-19-17-30-47-34)33-23-24-35-32(31-33)18-16-20-36(35)46-39(45)25-27-41-38(44)22-15-13-11-9-7-5-4-6-8-10-12-14-21-37(43)40-2/h16-20,30,33H,3-15,21-29,31H2,1-2H3,(H,40,43)(H,41,44)/t33-/m1/s1. The lowest BCUT2D eigenvalue weighted by Gasteiger charge is -2.35. The largest absolute Gasteiger partial charge is 0.426 e. The van der Waals surface area contributed by atoms with Crippen molar-refractivity contribution in [2.24, 2.45) is 0 Å². The first-order valence-electron chi connectivity index (χ1n) is 18.5. The molecule has 8 heteroatoms. The summed E-state index contributed by atoms with van der Waals surface area (Å²) in [6.45, 7) is 4.76. The van der Waals surface area contributed by atoms with Gasteiger partial charge in [0.2, 0.25) is 11.8 Å². The highest BCUT2D eigenvalue weighted by Crippen LogP contribution is 2.32. The monoisotopic (exact) mass is 667 g/mol. The number of carbonyl (C=O) groups is 3. The summed E-state index contributed by atoms with van der Waals surface area (Å²) in [5.74, 6) is 0.568. The Morgan fingerprint density at radius 1 is 0.830 bits per heavy atom. The Hall–Kier alpha value is -2.71. The molecule has 7 nitrogen and oxygen atoms in total. The summed E-state index contributed by atoms with van der Waals surface area (Å²) in [6, 6.07) is 11.0. The van der Waals surface area contributed by atoms with E-state index in [0.717, 1.165) is 70.9 Å².